The highest BCUT2D eigenvalue weighted by molar-refractivity contribution is 5.89. The lowest BCUT2D eigenvalue weighted by Crippen LogP contribution is -2.44. The van der Waals surface area contributed by atoms with E-state index in [-0.39, 0.29) is 5.91 Å². The standard InChI is InChI=1S/C14H19NO2/c1-3-17-10-11(2)12-7-8-13-5-4-6-14(16)15(13)9-12/h4,6-7,13H,2-3,5,8-10H2,1H3. The Morgan fingerprint density at radius 2 is 2.41 bits per heavy atom. The molecule has 3 nitrogen and oxygen atoms in total. The van der Waals surface area contributed by atoms with E-state index in [9.17, 15) is 4.79 Å². The molecular weight excluding hydrogens is 214 g/mol. The lowest BCUT2D eigenvalue weighted by atomic mass is 9.94. The van der Waals surface area contributed by atoms with Crippen molar-refractivity contribution in [3.8, 4) is 0 Å². The summed E-state index contributed by atoms with van der Waals surface area (Å²) in [5, 5.41) is 0. The summed E-state index contributed by atoms with van der Waals surface area (Å²) in [6, 6.07) is 0.344. The normalized spacial score (nSPS) is 23.4. The number of amides is 1. The summed E-state index contributed by atoms with van der Waals surface area (Å²) in [4.78, 5) is 13.7. The van der Waals surface area contributed by atoms with Crippen LogP contribution >= 0.6 is 0 Å². The Morgan fingerprint density at radius 1 is 1.59 bits per heavy atom. The van der Waals surface area contributed by atoms with Crippen molar-refractivity contribution in [3.05, 3.63) is 36.0 Å². The molecule has 2 aliphatic rings. The van der Waals surface area contributed by atoms with Crippen LogP contribution in [0.25, 0.3) is 0 Å². The summed E-state index contributed by atoms with van der Waals surface area (Å²) in [6.45, 7) is 7.93. The minimum atomic E-state index is 0.121. The minimum Gasteiger partial charge on any atom is -0.377 e. The summed E-state index contributed by atoms with van der Waals surface area (Å²) < 4.78 is 5.35. The lowest BCUT2D eigenvalue weighted by Gasteiger charge is -2.37. The number of rotatable bonds is 4. The molecule has 0 bridgehead atoms. The molecule has 0 aromatic rings. The molecule has 0 radical (unpaired) electrons. The third-order valence-corrected chi connectivity index (χ3v) is 3.30. The molecule has 92 valence electrons. The van der Waals surface area contributed by atoms with Gasteiger partial charge < -0.3 is 9.64 Å². The van der Waals surface area contributed by atoms with Gasteiger partial charge >= 0.3 is 0 Å². The monoisotopic (exact) mass is 233 g/mol. The van der Waals surface area contributed by atoms with Gasteiger partial charge in [0.15, 0.2) is 0 Å². The van der Waals surface area contributed by atoms with E-state index in [1.165, 1.54) is 0 Å². The van der Waals surface area contributed by atoms with Crippen LogP contribution in [0.15, 0.2) is 36.0 Å². The number of hydrogen-bond donors (Lipinski definition) is 0. The highest BCUT2D eigenvalue weighted by Gasteiger charge is 2.28. The molecule has 1 atom stereocenters. The van der Waals surface area contributed by atoms with Gasteiger partial charge in [0.05, 0.1) is 6.61 Å². The predicted octanol–water partition coefficient (Wildman–Crippen LogP) is 2.07. The molecule has 0 fully saturated rings. The fraction of sp³-hybridized carbons (Fsp3) is 0.500. The highest BCUT2D eigenvalue weighted by atomic mass is 16.5. The molecule has 0 spiro atoms. The molecule has 1 amide bonds. The van der Waals surface area contributed by atoms with E-state index in [4.69, 9.17) is 4.74 Å². The fourth-order valence-corrected chi connectivity index (χ4v) is 2.26. The van der Waals surface area contributed by atoms with Crippen LogP contribution in [0.5, 0.6) is 0 Å². The molecule has 0 aromatic heterocycles. The third kappa shape index (κ3) is 2.67. The molecule has 0 aliphatic carbocycles. The Kier molecular flexibility index (Phi) is 3.79. The second kappa shape index (κ2) is 5.32. The summed E-state index contributed by atoms with van der Waals surface area (Å²) in [7, 11) is 0. The van der Waals surface area contributed by atoms with E-state index in [2.05, 4.69) is 12.7 Å². The zero-order valence-corrected chi connectivity index (χ0v) is 10.3. The number of ether oxygens (including phenoxy) is 1. The number of carbonyl (C=O) groups is 1. The predicted molar refractivity (Wildman–Crippen MR) is 67.6 cm³/mol. The molecular formula is C14H19NO2. The van der Waals surface area contributed by atoms with Crippen molar-refractivity contribution >= 4 is 5.91 Å². The first-order valence-electron chi connectivity index (χ1n) is 6.14. The van der Waals surface area contributed by atoms with Crippen LogP contribution in [-0.4, -0.2) is 36.6 Å². The maximum Gasteiger partial charge on any atom is 0.246 e. The van der Waals surface area contributed by atoms with Crippen LogP contribution in [0.3, 0.4) is 0 Å². The second-order valence-corrected chi connectivity index (χ2v) is 4.46. The molecule has 2 aliphatic heterocycles. The molecule has 2 heterocycles. The van der Waals surface area contributed by atoms with Gasteiger partial charge in [0.25, 0.3) is 0 Å². The van der Waals surface area contributed by atoms with Crippen LogP contribution in [0.2, 0.25) is 0 Å². The van der Waals surface area contributed by atoms with Crippen LogP contribution in [-0.2, 0) is 9.53 Å². The first kappa shape index (κ1) is 12.1. The van der Waals surface area contributed by atoms with Crippen LogP contribution in [0, 0.1) is 0 Å². The molecule has 0 saturated carbocycles. The quantitative estimate of drug-likeness (QED) is 0.744. The van der Waals surface area contributed by atoms with Crippen LogP contribution in [0.1, 0.15) is 19.8 Å². The van der Waals surface area contributed by atoms with Gasteiger partial charge in [-0.2, -0.15) is 0 Å². The smallest absolute Gasteiger partial charge is 0.246 e. The van der Waals surface area contributed by atoms with Gasteiger partial charge in [-0.3, -0.25) is 4.79 Å². The Labute approximate surface area is 102 Å². The minimum absolute atomic E-state index is 0.121. The summed E-state index contributed by atoms with van der Waals surface area (Å²) >= 11 is 0. The summed E-state index contributed by atoms with van der Waals surface area (Å²) in [5.74, 6) is 0.121. The van der Waals surface area contributed by atoms with Gasteiger partial charge in [-0.15, -0.1) is 0 Å². The average Bonchev–Trinajstić information content (AvgIpc) is 2.36. The SMILES string of the molecule is C=C(COCC)C1=CCC2CC=CC(=O)N2C1. The lowest BCUT2D eigenvalue weighted by molar-refractivity contribution is -0.128. The van der Waals surface area contributed by atoms with Crippen molar-refractivity contribution in [1.82, 2.24) is 4.90 Å². The van der Waals surface area contributed by atoms with E-state index in [1.807, 2.05) is 17.9 Å². The topological polar surface area (TPSA) is 29.5 Å². The second-order valence-electron chi connectivity index (χ2n) is 4.46. The third-order valence-electron chi connectivity index (χ3n) is 3.30. The van der Waals surface area contributed by atoms with Gasteiger partial charge in [-0.05, 0) is 37.0 Å². The first-order valence-corrected chi connectivity index (χ1v) is 6.14. The molecule has 0 aromatic carbocycles. The van der Waals surface area contributed by atoms with Gasteiger partial charge in [0.2, 0.25) is 5.91 Å². The first-order chi connectivity index (χ1) is 8.22. The van der Waals surface area contributed by atoms with Gasteiger partial charge in [-0.25, -0.2) is 0 Å². The molecule has 0 N–H and O–H groups in total. The molecule has 1 unspecified atom stereocenters. The maximum atomic E-state index is 11.8. The molecule has 3 heteroatoms. The van der Waals surface area contributed by atoms with Crippen molar-refractivity contribution in [3.63, 3.8) is 0 Å². The fourth-order valence-electron chi connectivity index (χ4n) is 2.26. The van der Waals surface area contributed by atoms with E-state index in [0.717, 1.165) is 24.0 Å². The van der Waals surface area contributed by atoms with Crippen molar-refractivity contribution in [2.75, 3.05) is 19.8 Å². The number of hydrogen-bond acceptors (Lipinski definition) is 2. The number of nitrogens with zero attached hydrogens (tertiary/aromatic N) is 1. The molecule has 0 saturated heterocycles. The van der Waals surface area contributed by atoms with Crippen molar-refractivity contribution in [1.29, 1.82) is 0 Å². The summed E-state index contributed by atoms with van der Waals surface area (Å²) in [6.07, 6.45) is 7.74. The Balaban J connectivity index is 2.01. The Bertz CT molecular complexity index is 382. The van der Waals surface area contributed by atoms with Gasteiger partial charge in [0.1, 0.15) is 0 Å². The van der Waals surface area contributed by atoms with Crippen molar-refractivity contribution in [2.45, 2.75) is 25.8 Å². The average molecular weight is 233 g/mol. The zero-order chi connectivity index (χ0) is 12.3. The number of carbonyl (C=O) groups excluding carboxylic acids is 1. The molecule has 17 heavy (non-hydrogen) atoms. The van der Waals surface area contributed by atoms with Crippen LogP contribution < -0.4 is 0 Å². The maximum absolute atomic E-state index is 11.8. The van der Waals surface area contributed by atoms with E-state index in [0.29, 0.717) is 25.8 Å². The summed E-state index contributed by atoms with van der Waals surface area (Å²) in [5.41, 5.74) is 2.14. The Morgan fingerprint density at radius 3 is 3.18 bits per heavy atom. The number of fused-ring (bicyclic) bond motifs is 1. The molecule has 2 rings (SSSR count). The van der Waals surface area contributed by atoms with Crippen molar-refractivity contribution in [2.24, 2.45) is 0 Å². The highest BCUT2D eigenvalue weighted by Crippen LogP contribution is 2.25. The Hall–Kier alpha value is -1.35. The van der Waals surface area contributed by atoms with Gasteiger partial charge in [-0.1, -0.05) is 18.7 Å². The zero-order valence-electron chi connectivity index (χ0n) is 10.3. The van der Waals surface area contributed by atoms with E-state index < -0.39 is 0 Å². The largest absolute Gasteiger partial charge is 0.377 e. The van der Waals surface area contributed by atoms with E-state index >= 15 is 0 Å². The van der Waals surface area contributed by atoms with E-state index in [1.54, 1.807) is 6.08 Å². The van der Waals surface area contributed by atoms with Crippen molar-refractivity contribution < 1.29 is 9.53 Å². The van der Waals surface area contributed by atoms with Gasteiger partial charge in [0, 0.05) is 19.2 Å². The van der Waals surface area contributed by atoms with Crippen LogP contribution in [0.4, 0.5) is 0 Å².